The molecule has 4 N–H and O–H groups in total. The molecule has 0 aliphatic carbocycles. The van der Waals surface area contributed by atoms with Crippen molar-refractivity contribution in [3.05, 3.63) is 23.8 Å². The fourth-order valence-corrected chi connectivity index (χ4v) is 1.53. The number of hydrogen-bond donors (Lipinski definition) is 3. The number of carbonyl (C=O) groups is 1. The molecule has 18 heavy (non-hydrogen) atoms. The number of ether oxygens (including phenoxy) is 2. The van der Waals surface area contributed by atoms with Crippen molar-refractivity contribution >= 4 is 17.3 Å². The fourth-order valence-electron chi connectivity index (χ4n) is 1.53. The first-order valence-electron chi connectivity index (χ1n) is 5.47. The Morgan fingerprint density at radius 1 is 1.50 bits per heavy atom. The number of methoxy groups -OCH3 is 2. The second-order valence-electron chi connectivity index (χ2n) is 3.77. The lowest BCUT2D eigenvalue weighted by atomic mass is 10.1. The molecule has 0 fully saturated rings. The van der Waals surface area contributed by atoms with Crippen LogP contribution in [0.4, 0.5) is 11.4 Å². The zero-order valence-corrected chi connectivity index (χ0v) is 10.5. The summed E-state index contributed by atoms with van der Waals surface area (Å²) >= 11 is 0. The molecule has 1 atom stereocenters. The summed E-state index contributed by atoms with van der Waals surface area (Å²) in [5.41, 5.74) is 6.65. The van der Waals surface area contributed by atoms with E-state index in [1.807, 2.05) is 0 Å². The van der Waals surface area contributed by atoms with Gasteiger partial charge < -0.3 is 25.6 Å². The zero-order valence-electron chi connectivity index (χ0n) is 10.5. The Labute approximate surface area is 106 Å². The third-order valence-corrected chi connectivity index (χ3v) is 2.54. The van der Waals surface area contributed by atoms with Crippen LogP contribution < -0.4 is 11.1 Å². The Morgan fingerprint density at radius 2 is 2.22 bits per heavy atom. The highest BCUT2D eigenvalue weighted by Gasteiger charge is 2.12. The van der Waals surface area contributed by atoms with Crippen LogP contribution in [0.25, 0.3) is 0 Å². The second-order valence-corrected chi connectivity index (χ2v) is 3.77. The van der Waals surface area contributed by atoms with Crippen LogP contribution in [0, 0.1) is 0 Å². The standard InChI is InChI=1S/C12H18N2O4/c1-17-7-8(18-2)6-14-10-5-3-4-9(11(10)13)12(15)16/h3-5,8,14H,6-7,13H2,1-2H3,(H,15,16). The molecule has 0 heterocycles. The number of nitrogens with two attached hydrogens (primary N) is 1. The number of aromatic carboxylic acids is 1. The van der Waals surface area contributed by atoms with Crippen LogP contribution in [0.2, 0.25) is 0 Å². The minimum Gasteiger partial charge on any atom is -0.478 e. The highest BCUT2D eigenvalue weighted by Crippen LogP contribution is 2.22. The molecule has 0 radical (unpaired) electrons. The van der Waals surface area contributed by atoms with E-state index >= 15 is 0 Å². The van der Waals surface area contributed by atoms with Gasteiger partial charge >= 0.3 is 5.97 Å². The predicted molar refractivity (Wildman–Crippen MR) is 69.0 cm³/mol. The molecule has 1 rings (SSSR count). The summed E-state index contributed by atoms with van der Waals surface area (Å²) in [7, 11) is 3.17. The summed E-state index contributed by atoms with van der Waals surface area (Å²) in [6.07, 6.45) is -0.122. The SMILES string of the molecule is COCC(CNc1cccc(C(=O)O)c1N)OC. The van der Waals surface area contributed by atoms with Gasteiger partial charge in [-0.15, -0.1) is 0 Å². The molecule has 0 aliphatic heterocycles. The lowest BCUT2D eigenvalue weighted by Crippen LogP contribution is -2.27. The number of carboxylic acids is 1. The van der Waals surface area contributed by atoms with Crippen molar-refractivity contribution in [1.82, 2.24) is 0 Å². The molecule has 6 nitrogen and oxygen atoms in total. The molecule has 1 aromatic carbocycles. The number of rotatable bonds is 7. The monoisotopic (exact) mass is 254 g/mol. The number of benzene rings is 1. The summed E-state index contributed by atoms with van der Waals surface area (Å²) in [6.45, 7) is 0.930. The second kappa shape index (κ2) is 6.83. The van der Waals surface area contributed by atoms with Crippen LogP contribution in [0.15, 0.2) is 18.2 Å². The average Bonchev–Trinajstić information content (AvgIpc) is 2.35. The van der Waals surface area contributed by atoms with Gasteiger partial charge in [-0.05, 0) is 12.1 Å². The third kappa shape index (κ3) is 3.61. The highest BCUT2D eigenvalue weighted by molar-refractivity contribution is 5.97. The molecule has 6 heteroatoms. The van der Waals surface area contributed by atoms with Crippen LogP contribution in [0.1, 0.15) is 10.4 Å². The fraction of sp³-hybridized carbons (Fsp3) is 0.417. The Kier molecular flexibility index (Phi) is 5.41. The maximum atomic E-state index is 10.9. The van der Waals surface area contributed by atoms with E-state index in [-0.39, 0.29) is 17.4 Å². The zero-order chi connectivity index (χ0) is 13.5. The molecule has 1 aromatic rings. The average molecular weight is 254 g/mol. The Bertz CT molecular complexity index is 409. The molecular formula is C12H18N2O4. The normalized spacial score (nSPS) is 12.1. The summed E-state index contributed by atoms with van der Waals surface area (Å²) in [5, 5.41) is 12.0. The van der Waals surface area contributed by atoms with Gasteiger partial charge in [-0.2, -0.15) is 0 Å². The van der Waals surface area contributed by atoms with Crippen molar-refractivity contribution in [2.45, 2.75) is 6.10 Å². The van der Waals surface area contributed by atoms with Gasteiger partial charge in [-0.3, -0.25) is 0 Å². The smallest absolute Gasteiger partial charge is 0.337 e. The van der Waals surface area contributed by atoms with Crippen molar-refractivity contribution in [3.8, 4) is 0 Å². The molecule has 100 valence electrons. The maximum absolute atomic E-state index is 10.9. The van der Waals surface area contributed by atoms with Gasteiger partial charge in [-0.25, -0.2) is 4.79 Å². The van der Waals surface area contributed by atoms with Gasteiger partial charge in [0.2, 0.25) is 0 Å². The number of nitrogen functional groups attached to an aromatic ring is 1. The van der Waals surface area contributed by atoms with E-state index in [2.05, 4.69) is 5.32 Å². The minimum absolute atomic E-state index is 0.0840. The Morgan fingerprint density at radius 3 is 2.78 bits per heavy atom. The van der Waals surface area contributed by atoms with Crippen molar-refractivity contribution in [3.63, 3.8) is 0 Å². The number of para-hydroxylation sites is 1. The number of carboxylic acid groups (broad SMARTS) is 1. The molecule has 0 amide bonds. The Balaban J connectivity index is 2.73. The van der Waals surface area contributed by atoms with E-state index in [1.165, 1.54) is 6.07 Å². The number of nitrogens with one attached hydrogen (secondary N) is 1. The van der Waals surface area contributed by atoms with Crippen LogP contribution >= 0.6 is 0 Å². The molecule has 1 unspecified atom stereocenters. The molecule has 0 bridgehead atoms. The maximum Gasteiger partial charge on any atom is 0.337 e. The topological polar surface area (TPSA) is 93.8 Å². The van der Waals surface area contributed by atoms with Crippen LogP contribution in [0.3, 0.4) is 0 Å². The van der Waals surface area contributed by atoms with Crippen molar-refractivity contribution < 1.29 is 19.4 Å². The van der Waals surface area contributed by atoms with E-state index in [1.54, 1.807) is 26.4 Å². The van der Waals surface area contributed by atoms with Crippen molar-refractivity contribution in [2.75, 3.05) is 38.4 Å². The Hall–Kier alpha value is -1.79. The molecule has 0 saturated heterocycles. The molecular weight excluding hydrogens is 236 g/mol. The quantitative estimate of drug-likeness (QED) is 0.629. The van der Waals surface area contributed by atoms with Crippen LogP contribution in [0.5, 0.6) is 0 Å². The van der Waals surface area contributed by atoms with Gasteiger partial charge in [-0.1, -0.05) is 6.07 Å². The lowest BCUT2D eigenvalue weighted by Gasteiger charge is -2.17. The van der Waals surface area contributed by atoms with Crippen LogP contribution in [-0.4, -0.2) is 44.6 Å². The highest BCUT2D eigenvalue weighted by atomic mass is 16.5. The number of hydrogen-bond acceptors (Lipinski definition) is 5. The van der Waals surface area contributed by atoms with Gasteiger partial charge in [0.1, 0.15) is 0 Å². The van der Waals surface area contributed by atoms with Gasteiger partial charge in [0.25, 0.3) is 0 Å². The predicted octanol–water partition coefficient (Wildman–Crippen LogP) is 1.04. The summed E-state index contributed by atoms with van der Waals surface area (Å²) in [6, 6.07) is 4.83. The van der Waals surface area contributed by atoms with E-state index < -0.39 is 5.97 Å². The number of anilines is 2. The molecule has 0 aliphatic rings. The van der Waals surface area contributed by atoms with Crippen LogP contribution in [-0.2, 0) is 9.47 Å². The summed E-state index contributed by atoms with van der Waals surface area (Å²) < 4.78 is 10.2. The van der Waals surface area contributed by atoms with Crippen molar-refractivity contribution in [2.24, 2.45) is 0 Å². The third-order valence-electron chi connectivity index (χ3n) is 2.54. The van der Waals surface area contributed by atoms with E-state index in [0.29, 0.717) is 18.8 Å². The van der Waals surface area contributed by atoms with Gasteiger partial charge in [0.05, 0.1) is 29.6 Å². The van der Waals surface area contributed by atoms with Gasteiger partial charge in [0, 0.05) is 20.8 Å². The first-order chi connectivity index (χ1) is 8.60. The molecule has 0 aromatic heterocycles. The summed E-state index contributed by atoms with van der Waals surface area (Å²) in [5.74, 6) is -1.05. The first-order valence-corrected chi connectivity index (χ1v) is 5.47. The van der Waals surface area contributed by atoms with Crippen molar-refractivity contribution in [1.29, 1.82) is 0 Å². The largest absolute Gasteiger partial charge is 0.478 e. The molecule has 0 spiro atoms. The van der Waals surface area contributed by atoms with Gasteiger partial charge in [0.15, 0.2) is 0 Å². The van der Waals surface area contributed by atoms with E-state index in [4.69, 9.17) is 20.3 Å². The lowest BCUT2D eigenvalue weighted by molar-refractivity contribution is 0.0366. The van der Waals surface area contributed by atoms with E-state index in [0.717, 1.165) is 0 Å². The first kappa shape index (κ1) is 14.3. The minimum atomic E-state index is -1.05. The summed E-state index contributed by atoms with van der Waals surface area (Å²) in [4.78, 5) is 10.9. The molecule has 0 saturated carbocycles. The van der Waals surface area contributed by atoms with E-state index in [9.17, 15) is 4.79 Å².